The maximum atomic E-state index is 11.6. The second-order valence-corrected chi connectivity index (χ2v) is 4.20. The molecule has 6 heteroatoms. The molecule has 1 heterocycles. The fourth-order valence-electron chi connectivity index (χ4n) is 1.70. The number of unbranched alkanes of at least 4 members (excludes halogenated alkanes) is 3. The molecular formula is C11H20N2O4. The predicted octanol–water partition coefficient (Wildman–Crippen LogP) is 0.0211. The average Bonchev–Trinajstić information content (AvgIpc) is 2.53. The number of amides is 1. The number of carbonyl (C=O) groups excluding carboxylic acids is 2. The van der Waals surface area contributed by atoms with Crippen LogP contribution in [0.4, 0.5) is 0 Å². The Labute approximate surface area is 101 Å². The molecule has 0 spiro atoms. The van der Waals surface area contributed by atoms with Gasteiger partial charge >= 0.3 is 5.97 Å². The summed E-state index contributed by atoms with van der Waals surface area (Å²) in [5, 5.41) is 13.2. The molecule has 0 bridgehead atoms. The highest BCUT2D eigenvalue weighted by atomic mass is 16.7. The largest absolute Gasteiger partial charge is 0.374 e. The SMILES string of the molecule is CCCCCCNC(=O)C1C(=O)ON(C)C1O. The van der Waals surface area contributed by atoms with Crippen LogP contribution in [-0.4, -0.2) is 41.9 Å². The second kappa shape index (κ2) is 6.56. The van der Waals surface area contributed by atoms with E-state index in [4.69, 9.17) is 0 Å². The van der Waals surface area contributed by atoms with E-state index in [1.807, 2.05) is 0 Å². The van der Waals surface area contributed by atoms with Crippen LogP contribution in [0.25, 0.3) is 0 Å². The van der Waals surface area contributed by atoms with Crippen LogP contribution in [-0.2, 0) is 14.4 Å². The van der Waals surface area contributed by atoms with Gasteiger partial charge in [0.25, 0.3) is 0 Å². The lowest BCUT2D eigenvalue weighted by molar-refractivity contribution is -0.183. The summed E-state index contributed by atoms with van der Waals surface area (Å²) >= 11 is 0. The molecule has 2 atom stereocenters. The molecule has 6 nitrogen and oxygen atoms in total. The van der Waals surface area contributed by atoms with Gasteiger partial charge < -0.3 is 15.3 Å². The van der Waals surface area contributed by atoms with E-state index in [1.54, 1.807) is 0 Å². The smallest absolute Gasteiger partial charge is 0.341 e. The van der Waals surface area contributed by atoms with Crippen molar-refractivity contribution in [3.05, 3.63) is 0 Å². The Balaban J connectivity index is 2.30. The molecular weight excluding hydrogens is 224 g/mol. The van der Waals surface area contributed by atoms with Crippen LogP contribution in [0.2, 0.25) is 0 Å². The number of nitrogens with one attached hydrogen (secondary N) is 1. The Morgan fingerprint density at radius 3 is 2.71 bits per heavy atom. The first-order chi connectivity index (χ1) is 8.07. The fraction of sp³-hybridized carbons (Fsp3) is 0.818. The molecule has 0 aliphatic carbocycles. The summed E-state index contributed by atoms with van der Waals surface area (Å²) in [6, 6.07) is 0. The van der Waals surface area contributed by atoms with Crippen molar-refractivity contribution >= 4 is 11.9 Å². The van der Waals surface area contributed by atoms with Gasteiger partial charge in [-0.2, -0.15) is 0 Å². The lowest BCUT2D eigenvalue weighted by Gasteiger charge is -2.13. The third-order valence-corrected chi connectivity index (χ3v) is 2.77. The van der Waals surface area contributed by atoms with Crippen LogP contribution < -0.4 is 5.32 Å². The molecule has 1 saturated heterocycles. The average molecular weight is 244 g/mol. The van der Waals surface area contributed by atoms with Crippen molar-refractivity contribution in [1.29, 1.82) is 0 Å². The highest BCUT2D eigenvalue weighted by Crippen LogP contribution is 2.18. The molecule has 1 aliphatic rings. The minimum absolute atomic E-state index is 0.469. The molecule has 98 valence electrons. The normalized spacial score (nSPS) is 24.8. The number of rotatable bonds is 6. The number of hydrogen-bond donors (Lipinski definition) is 2. The van der Waals surface area contributed by atoms with E-state index in [-0.39, 0.29) is 0 Å². The standard InChI is InChI=1S/C11H20N2O4/c1-3-4-5-6-7-12-9(14)8-10(15)13(2)17-11(8)16/h8,10,15H,3-7H2,1-2H3,(H,12,14). The maximum Gasteiger partial charge on any atom is 0.341 e. The monoisotopic (exact) mass is 244 g/mol. The second-order valence-electron chi connectivity index (χ2n) is 4.20. The third kappa shape index (κ3) is 3.67. The molecule has 1 amide bonds. The Bertz CT molecular complexity index is 283. The van der Waals surface area contributed by atoms with Gasteiger partial charge in [0.05, 0.1) is 0 Å². The highest BCUT2D eigenvalue weighted by molar-refractivity contribution is 5.99. The van der Waals surface area contributed by atoms with Gasteiger partial charge in [-0.25, -0.2) is 4.79 Å². The minimum atomic E-state index is -1.20. The first kappa shape index (κ1) is 13.9. The summed E-state index contributed by atoms with van der Waals surface area (Å²) < 4.78 is 0. The van der Waals surface area contributed by atoms with Crippen molar-refractivity contribution in [2.45, 2.75) is 38.8 Å². The molecule has 17 heavy (non-hydrogen) atoms. The quantitative estimate of drug-likeness (QED) is 0.509. The number of aliphatic hydroxyl groups is 1. The highest BCUT2D eigenvalue weighted by Gasteiger charge is 2.45. The summed E-state index contributed by atoms with van der Waals surface area (Å²) in [5.74, 6) is -2.31. The van der Waals surface area contributed by atoms with E-state index in [0.29, 0.717) is 6.54 Å². The third-order valence-electron chi connectivity index (χ3n) is 2.77. The summed E-state index contributed by atoms with van der Waals surface area (Å²) in [4.78, 5) is 27.6. The molecule has 0 saturated carbocycles. The van der Waals surface area contributed by atoms with E-state index in [9.17, 15) is 14.7 Å². The van der Waals surface area contributed by atoms with E-state index < -0.39 is 24.0 Å². The fourth-order valence-corrected chi connectivity index (χ4v) is 1.70. The van der Waals surface area contributed by atoms with Gasteiger partial charge in [-0.3, -0.25) is 4.79 Å². The van der Waals surface area contributed by atoms with Crippen LogP contribution in [0, 0.1) is 5.92 Å². The van der Waals surface area contributed by atoms with Gasteiger partial charge in [0.2, 0.25) is 5.91 Å². The van der Waals surface area contributed by atoms with Crippen molar-refractivity contribution in [2.75, 3.05) is 13.6 Å². The van der Waals surface area contributed by atoms with Crippen molar-refractivity contribution in [2.24, 2.45) is 5.92 Å². The van der Waals surface area contributed by atoms with Gasteiger partial charge in [0.1, 0.15) is 0 Å². The summed E-state index contributed by atoms with van der Waals surface area (Å²) in [6.45, 7) is 2.64. The topological polar surface area (TPSA) is 78.9 Å². The zero-order valence-electron chi connectivity index (χ0n) is 10.3. The van der Waals surface area contributed by atoms with Crippen molar-refractivity contribution < 1.29 is 19.5 Å². The minimum Gasteiger partial charge on any atom is -0.374 e. The number of hydrogen-bond acceptors (Lipinski definition) is 5. The van der Waals surface area contributed by atoms with Crippen molar-refractivity contribution in [1.82, 2.24) is 10.4 Å². The molecule has 1 aliphatic heterocycles. The van der Waals surface area contributed by atoms with Gasteiger partial charge in [-0.15, -0.1) is 5.06 Å². The van der Waals surface area contributed by atoms with E-state index >= 15 is 0 Å². The first-order valence-electron chi connectivity index (χ1n) is 5.98. The van der Waals surface area contributed by atoms with Gasteiger partial charge in [-0.05, 0) is 6.42 Å². The zero-order valence-corrected chi connectivity index (χ0v) is 10.3. The zero-order chi connectivity index (χ0) is 12.8. The number of nitrogens with zero attached hydrogens (tertiary/aromatic N) is 1. The Morgan fingerprint density at radius 1 is 1.47 bits per heavy atom. The van der Waals surface area contributed by atoms with Gasteiger partial charge in [0, 0.05) is 13.6 Å². The van der Waals surface area contributed by atoms with Gasteiger partial charge in [0.15, 0.2) is 12.1 Å². The molecule has 2 N–H and O–H groups in total. The summed E-state index contributed by atoms with van der Waals surface area (Å²) in [7, 11) is 1.41. The number of carbonyl (C=O) groups is 2. The molecule has 1 fully saturated rings. The molecule has 0 radical (unpaired) electrons. The van der Waals surface area contributed by atoms with E-state index in [1.165, 1.54) is 7.05 Å². The van der Waals surface area contributed by atoms with Crippen LogP contribution in [0.15, 0.2) is 0 Å². The van der Waals surface area contributed by atoms with Crippen LogP contribution in [0.5, 0.6) is 0 Å². The van der Waals surface area contributed by atoms with Crippen LogP contribution >= 0.6 is 0 Å². The van der Waals surface area contributed by atoms with Gasteiger partial charge in [-0.1, -0.05) is 26.2 Å². The molecule has 0 aromatic heterocycles. The van der Waals surface area contributed by atoms with E-state index in [2.05, 4.69) is 17.1 Å². The summed E-state index contributed by atoms with van der Waals surface area (Å²) in [5.41, 5.74) is 0. The lowest BCUT2D eigenvalue weighted by atomic mass is 10.1. The van der Waals surface area contributed by atoms with E-state index in [0.717, 1.165) is 30.7 Å². The predicted molar refractivity (Wildman–Crippen MR) is 60.5 cm³/mol. The molecule has 0 aromatic rings. The first-order valence-corrected chi connectivity index (χ1v) is 5.98. The Kier molecular flexibility index (Phi) is 5.37. The van der Waals surface area contributed by atoms with Crippen LogP contribution in [0.1, 0.15) is 32.6 Å². The van der Waals surface area contributed by atoms with Crippen LogP contribution in [0.3, 0.4) is 0 Å². The lowest BCUT2D eigenvalue weighted by Crippen LogP contribution is -2.41. The molecule has 0 aromatic carbocycles. The van der Waals surface area contributed by atoms with Crippen molar-refractivity contribution in [3.63, 3.8) is 0 Å². The molecule has 1 rings (SSSR count). The maximum absolute atomic E-state index is 11.6. The molecule has 2 unspecified atom stereocenters. The number of aliphatic hydroxyl groups excluding tert-OH is 1. The Hall–Kier alpha value is -1.14. The summed E-state index contributed by atoms with van der Waals surface area (Å²) in [6.07, 6.45) is 3.00. The Morgan fingerprint density at radius 2 is 2.18 bits per heavy atom. The van der Waals surface area contributed by atoms with Crippen molar-refractivity contribution in [3.8, 4) is 0 Å². The number of hydroxylamine groups is 2.